The summed E-state index contributed by atoms with van der Waals surface area (Å²) < 4.78 is 0. The maximum atomic E-state index is 10.4. The molecule has 0 fully saturated rings. The maximum Gasteiger partial charge on any atom is 0.330 e. The fraction of sp³-hybridized carbons (Fsp3) is 0.667. The largest absolute Gasteiger partial charge is 0.478 e. The molecule has 0 aromatic carbocycles. The third-order valence-electron chi connectivity index (χ3n) is 1.68. The predicted molar refractivity (Wildman–Crippen MR) is 53.6 cm³/mol. The molecular formula is C9H16O2S. The first-order valence-electron chi connectivity index (χ1n) is 4.09. The molecule has 0 saturated carbocycles. The van der Waals surface area contributed by atoms with E-state index in [4.69, 9.17) is 5.11 Å². The second kappa shape index (κ2) is 6.12. The molecule has 1 unspecified atom stereocenters. The molecule has 12 heavy (non-hydrogen) atoms. The van der Waals surface area contributed by atoms with E-state index in [2.05, 4.69) is 13.8 Å². The lowest BCUT2D eigenvalue weighted by molar-refractivity contribution is -0.132. The molecule has 0 amide bonds. The second-order valence-electron chi connectivity index (χ2n) is 2.74. The van der Waals surface area contributed by atoms with Crippen LogP contribution in [0.25, 0.3) is 0 Å². The Balaban J connectivity index is 3.67. The molecule has 1 N–H and O–H groups in total. The minimum Gasteiger partial charge on any atom is -0.478 e. The van der Waals surface area contributed by atoms with Crippen molar-refractivity contribution in [3.63, 3.8) is 0 Å². The van der Waals surface area contributed by atoms with Crippen LogP contribution in [-0.4, -0.2) is 22.1 Å². The van der Waals surface area contributed by atoms with E-state index in [-0.39, 0.29) is 0 Å². The van der Waals surface area contributed by atoms with Gasteiger partial charge in [0.05, 0.1) is 0 Å². The van der Waals surface area contributed by atoms with Gasteiger partial charge in [0.25, 0.3) is 0 Å². The maximum absolute atomic E-state index is 10.4. The zero-order valence-electron chi connectivity index (χ0n) is 7.83. The highest BCUT2D eigenvalue weighted by atomic mass is 32.2. The monoisotopic (exact) mass is 188 g/mol. The van der Waals surface area contributed by atoms with Crippen LogP contribution in [0.1, 0.15) is 27.2 Å². The number of rotatable bonds is 5. The third-order valence-corrected chi connectivity index (χ3v) is 2.94. The SMILES string of the molecule is CCC(C)SCC=C(C)C(=O)O. The van der Waals surface area contributed by atoms with Crippen LogP contribution in [-0.2, 0) is 4.79 Å². The van der Waals surface area contributed by atoms with Crippen molar-refractivity contribution in [1.82, 2.24) is 0 Å². The van der Waals surface area contributed by atoms with Gasteiger partial charge in [-0.05, 0) is 13.3 Å². The van der Waals surface area contributed by atoms with E-state index in [0.29, 0.717) is 10.8 Å². The summed E-state index contributed by atoms with van der Waals surface area (Å²) in [5, 5.41) is 9.14. The molecule has 0 rings (SSSR count). The van der Waals surface area contributed by atoms with E-state index < -0.39 is 5.97 Å². The molecule has 0 aromatic heterocycles. The molecule has 0 aliphatic heterocycles. The minimum absolute atomic E-state index is 0.436. The Labute approximate surface area is 78.0 Å². The average molecular weight is 188 g/mol. The molecule has 1 atom stereocenters. The first-order chi connectivity index (χ1) is 5.57. The summed E-state index contributed by atoms with van der Waals surface area (Å²) >= 11 is 1.78. The van der Waals surface area contributed by atoms with Gasteiger partial charge in [-0.15, -0.1) is 0 Å². The summed E-state index contributed by atoms with van der Waals surface area (Å²) in [5.41, 5.74) is 0.436. The summed E-state index contributed by atoms with van der Waals surface area (Å²) in [6.45, 7) is 5.90. The smallest absolute Gasteiger partial charge is 0.330 e. The number of carboxylic acids is 1. The second-order valence-corrected chi connectivity index (χ2v) is 4.22. The van der Waals surface area contributed by atoms with Crippen molar-refractivity contribution in [2.75, 3.05) is 5.75 Å². The minimum atomic E-state index is -0.820. The first-order valence-corrected chi connectivity index (χ1v) is 5.14. The van der Waals surface area contributed by atoms with Crippen LogP contribution in [0.3, 0.4) is 0 Å². The Morgan fingerprint density at radius 3 is 2.67 bits per heavy atom. The highest BCUT2D eigenvalue weighted by Crippen LogP contribution is 2.13. The standard InChI is InChI=1S/C9H16O2S/c1-4-8(3)12-6-5-7(2)9(10)11/h5,8H,4,6H2,1-3H3,(H,10,11). The average Bonchev–Trinajstić information content (AvgIpc) is 2.03. The lowest BCUT2D eigenvalue weighted by Crippen LogP contribution is -1.98. The molecule has 0 aliphatic rings. The Kier molecular flexibility index (Phi) is 5.89. The van der Waals surface area contributed by atoms with E-state index in [9.17, 15) is 4.79 Å². The van der Waals surface area contributed by atoms with Gasteiger partial charge in [-0.2, -0.15) is 11.8 Å². The van der Waals surface area contributed by atoms with Crippen LogP contribution in [0.15, 0.2) is 11.6 Å². The molecule has 70 valence electrons. The number of carboxylic acid groups (broad SMARTS) is 1. The Bertz CT molecular complexity index is 175. The zero-order valence-corrected chi connectivity index (χ0v) is 8.65. The molecule has 0 saturated heterocycles. The van der Waals surface area contributed by atoms with Crippen molar-refractivity contribution in [3.8, 4) is 0 Å². The van der Waals surface area contributed by atoms with Gasteiger partial charge < -0.3 is 5.11 Å². The number of aliphatic carboxylic acids is 1. The van der Waals surface area contributed by atoms with E-state index in [1.54, 1.807) is 24.8 Å². The van der Waals surface area contributed by atoms with Crippen LogP contribution in [0.4, 0.5) is 0 Å². The predicted octanol–water partition coefficient (Wildman–Crippen LogP) is 2.55. The molecule has 0 radical (unpaired) electrons. The van der Waals surface area contributed by atoms with Crippen LogP contribution < -0.4 is 0 Å². The van der Waals surface area contributed by atoms with Gasteiger partial charge in [-0.1, -0.05) is 19.9 Å². The summed E-state index contributed by atoms with van der Waals surface area (Å²) in [7, 11) is 0. The van der Waals surface area contributed by atoms with Crippen molar-refractivity contribution >= 4 is 17.7 Å². The molecule has 0 spiro atoms. The van der Waals surface area contributed by atoms with Gasteiger partial charge >= 0.3 is 5.97 Å². The highest BCUT2D eigenvalue weighted by molar-refractivity contribution is 8.00. The number of carbonyl (C=O) groups is 1. The highest BCUT2D eigenvalue weighted by Gasteiger charge is 2.00. The van der Waals surface area contributed by atoms with Crippen LogP contribution >= 0.6 is 11.8 Å². The zero-order chi connectivity index (χ0) is 9.56. The quantitative estimate of drug-likeness (QED) is 0.674. The topological polar surface area (TPSA) is 37.3 Å². The van der Waals surface area contributed by atoms with Crippen molar-refractivity contribution in [1.29, 1.82) is 0 Å². The number of hydrogen-bond donors (Lipinski definition) is 1. The summed E-state index contributed by atoms with van der Waals surface area (Å²) in [6.07, 6.45) is 2.89. The Hall–Kier alpha value is -0.440. The van der Waals surface area contributed by atoms with Gasteiger partial charge in [0, 0.05) is 16.6 Å². The van der Waals surface area contributed by atoms with E-state index in [1.807, 2.05) is 0 Å². The van der Waals surface area contributed by atoms with Crippen molar-refractivity contribution in [2.24, 2.45) is 0 Å². The fourth-order valence-corrected chi connectivity index (χ4v) is 1.45. The van der Waals surface area contributed by atoms with Gasteiger partial charge in [0.15, 0.2) is 0 Å². The third kappa shape index (κ3) is 5.24. The van der Waals surface area contributed by atoms with Crippen LogP contribution in [0.2, 0.25) is 0 Å². The molecule has 0 aromatic rings. The summed E-state index contributed by atoms with van der Waals surface area (Å²) in [4.78, 5) is 10.4. The van der Waals surface area contributed by atoms with E-state index in [1.165, 1.54) is 0 Å². The van der Waals surface area contributed by atoms with Gasteiger partial charge in [-0.25, -0.2) is 4.79 Å². The molecule has 0 heterocycles. The molecular weight excluding hydrogens is 172 g/mol. The number of hydrogen-bond acceptors (Lipinski definition) is 2. The van der Waals surface area contributed by atoms with E-state index in [0.717, 1.165) is 12.2 Å². The van der Waals surface area contributed by atoms with Crippen molar-refractivity contribution in [2.45, 2.75) is 32.4 Å². The number of thioether (sulfide) groups is 1. The van der Waals surface area contributed by atoms with Crippen molar-refractivity contribution in [3.05, 3.63) is 11.6 Å². The molecule has 0 bridgehead atoms. The van der Waals surface area contributed by atoms with Crippen LogP contribution in [0.5, 0.6) is 0 Å². The van der Waals surface area contributed by atoms with E-state index >= 15 is 0 Å². The van der Waals surface area contributed by atoms with Gasteiger partial charge in [0.1, 0.15) is 0 Å². The summed E-state index contributed by atoms with van der Waals surface area (Å²) in [6, 6.07) is 0. The Morgan fingerprint density at radius 1 is 1.67 bits per heavy atom. The van der Waals surface area contributed by atoms with Gasteiger partial charge in [-0.3, -0.25) is 0 Å². The Morgan fingerprint density at radius 2 is 2.25 bits per heavy atom. The van der Waals surface area contributed by atoms with Gasteiger partial charge in [0.2, 0.25) is 0 Å². The normalized spacial score (nSPS) is 14.4. The molecule has 0 aliphatic carbocycles. The summed E-state index contributed by atoms with van der Waals surface area (Å²) in [5.74, 6) is -0.0209. The lowest BCUT2D eigenvalue weighted by atomic mass is 10.3. The molecule has 3 heteroatoms. The van der Waals surface area contributed by atoms with Crippen molar-refractivity contribution < 1.29 is 9.90 Å². The lowest BCUT2D eigenvalue weighted by Gasteiger charge is -2.04. The fourth-order valence-electron chi connectivity index (χ4n) is 0.543. The van der Waals surface area contributed by atoms with Crippen LogP contribution in [0, 0.1) is 0 Å². The first kappa shape index (κ1) is 11.6. The molecule has 2 nitrogen and oxygen atoms in total.